The third-order valence-corrected chi connectivity index (χ3v) is 4.22. The smallest absolute Gasteiger partial charge is 0.237 e. The molecule has 8 nitrogen and oxygen atoms in total. The lowest BCUT2D eigenvalue weighted by Gasteiger charge is -2.08. The van der Waals surface area contributed by atoms with Crippen molar-refractivity contribution >= 4 is 11.8 Å². The number of rotatable bonds is 8. The maximum absolute atomic E-state index is 5.77. The zero-order valence-corrected chi connectivity index (χ0v) is 14.1. The van der Waals surface area contributed by atoms with Gasteiger partial charge in [-0.05, 0) is 5.56 Å². The highest BCUT2D eigenvalue weighted by atomic mass is 32.2. The molecular weight excluding hydrogens is 328 g/mol. The van der Waals surface area contributed by atoms with Gasteiger partial charge in [-0.2, -0.15) is 4.98 Å². The standard InChI is InChI=1S/C15H18N6O2S/c1-22-9-12-17-14(23-20-12)10-24-15-19-18-13(7-16)21(15)8-11-5-3-2-4-6-11/h2-6H,7-10,16H2,1H3. The lowest BCUT2D eigenvalue weighted by molar-refractivity contribution is 0.174. The monoisotopic (exact) mass is 346 g/mol. The lowest BCUT2D eigenvalue weighted by Crippen LogP contribution is -2.10. The average molecular weight is 346 g/mol. The third-order valence-electron chi connectivity index (χ3n) is 3.27. The Morgan fingerprint density at radius 3 is 2.83 bits per heavy atom. The van der Waals surface area contributed by atoms with E-state index in [1.165, 1.54) is 11.8 Å². The Bertz CT molecular complexity index is 773. The van der Waals surface area contributed by atoms with Crippen LogP contribution in [0, 0.1) is 0 Å². The van der Waals surface area contributed by atoms with Crippen molar-refractivity contribution in [3.8, 4) is 0 Å². The van der Waals surface area contributed by atoms with Crippen LogP contribution in [-0.2, 0) is 30.2 Å². The van der Waals surface area contributed by atoms with Gasteiger partial charge in [-0.15, -0.1) is 10.2 Å². The van der Waals surface area contributed by atoms with Gasteiger partial charge < -0.3 is 19.6 Å². The molecule has 0 amide bonds. The largest absolute Gasteiger partial charge is 0.377 e. The van der Waals surface area contributed by atoms with E-state index in [1.54, 1.807) is 7.11 Å². The van der Waals surface area contributed by atoms with Crippen LogP contribution in [0.1, 0.15) is 23.1 Å². The molecule has 0 aliphatic heterocycles. The van der Waals surface area contributed by atoms with Gasteiger partial charge in [0.15, 0.2) is 11.0 Å². The van der Waals surface area contributed by atoms with Crippen molar-refractivity contribution in [2.24, 2.45) is 5.73 Å². The van der Waals surface area contributed by atoms with E-state index in [1.807, 2.05) is 22.8 Å². The Hall–Kier alpha value is -2.23. The van der Waals surface area contributed by atoms with E-state index < -0.39 is 0 Å². The van der Waals surface area contributed by atoms with Crippen LogP contribution >= 0.6 is 11.8 Å². The number of thioether (sulfide) groups is 1. The maximum Gasteiger partial charge on any atom is 0.237 e. The molecular formula is C15H18N6O2S. The molecule has 0 unspecified atom stereocenters. The number of methoxy groups -OCH3 is 1. The van der Waals surface area contributed by atoms with Crippen LogP contribution in [0.3, 0.4) is 0 Å². The highest BCUT2D eigenvalue weighted by molar-refractivity contribution is 7.98. The van der Waals surface area contributed by atoms with Crippen molar-refractivity contribution in [1.82, 2.24) is 24.9 Å². The molecule has 2 heterocycles. The zero-order valence-electron chi connectivity index (χ0n) is 13.3. The van der Waals surface area contributed by atoms with E-state index in [9.17, 15) is 0 Å². The lowest BCUT2D eigenvalue weighted by atomic mass is 10.2. The first-order valence-corrected chi connectivity index (χ1v) is 8.38. The van der Waals surface area contributed by atoms with Gasteiger partial charge in [-0.25, -0.2) is 0 Å². The Labute approximate surface area is 143 Å². The summed E-state index contributed by atoms with van der Waals surface area (Å²) in [6.45, 7) is 1.33. The van der Waals surface area contributed by atoms with Gasteiger partial charge in [0.25, 0.3) is 0 Å². The topological polar surface area (TPSA) is 105 Å². The summed E-state index contributed by atoms with van der Waals surface area (Å²) < 4.78 is 12.2. The normalized spacial score (nSPS) is 11.1. The van der Waals surface area contributed by atoms with Crippen molar-refractivity contribution in [2.45, 2.75) is 30.6 Å². The summed E-state index contributed by atoms with van der Waals surface area (Å²) in [6, 6.07) is 10.1. The Morgan fingerprint density at radius 1 is 1.25 bits per heavy atom. The second-order valence-corrected chi connectivity index (χ2v) is 5.94. The fourth-order valence-corrected chi connectivity index (χ4v) is 2.96. The number of nitrogens with zero attached hydrogens (tertiary/aromatic N) is 5. The second kappa shape index (κ2) is 8.04. The summed E-state index contributed by atoms with van der Waals surface area (Å²) in [4.78, 5) is 4.25. The van der Waals surface area contributed by atoms with Gasteiger partial charge in [-0.3, -0.25) is 0 Å². The molecule has 3 rings (SSSR count). The molecule has 0 atom stereocenters. The number of benzene rings is 1. The van der Waals surface area contributed by atoms with Gasteiger partial charge in [0, 0.05) is 7.11 Å². The maximum atomic E-state index is 5.77. The van der Waals surface area contributed by atoms with E-state index in [0.29, 0.717) is 37.2 Å². The number of aromatic nitrogens is 5. The Kier molecular flexibility index (Phi) is 5.57. The van der Waals surface area contributed by atoms with Crippen LogP contribution in [0.2, 0.25) is 0 Å². The molecule has 126 valence electrons. The third kappa shape index (κ3) is 3.99. The Morgan fingerprint density at radius 2 is 2.08 bits per heavy atom. The first-order chi connectivity index (χ1) is 11.8. The van der Waals surface area contributed by atoms with Gasteiger partial charge in [0.05, 0.1) is 18.8 Å². The van der Waals surface area contributed by atoms with Crippen LogP contribution in [-0.4, -0.2) is 32.0 Å². The molecule has 0 radical (unpaired) electrons. The quantitative estimate of drug-likeness (QED) is 0.613. The van der Waals surface area contributed by atoms with Crippen LogP contribution in [0.25, 0.3) is 0 Å². The van der Waals surface area contributed by atoms with Gasteiger partial charge >= 0.3 is 0 Å². The van der Waals surface area contributed by atoms with Crippen molar-refractivity contribution in [1.29, 1.82) is 0 Å². The summed E-state index contributed by atoms with van der Waals surface area (Å²) in [5, 5.41) is 13.0. The molecule has 1 aromatic carbocycles. The number of hydrogen-bond acceptors (Lipinski definition) is 8. The zero-order chi connectivity index (χ0) is 16.8. The van der Waals surface area contributed by atoms with E-state index in [4.69, 9.17) is 15.0 Å². The first kappa shape index (κ1) is 16.6. The van der Waals surface area contributed by atoms with Crippen molar-refractivity contribution in [3.63, 3.8) is 0 Å². The summed E-state index contributed by atoms with van der Waals surface area (Å²) in [6.07, 6.45) is 0. The molecule has 2 aromatic heterocycles. The summed E-state index contributed by atoms with van der Waals surface area (Å²) in [5.41, 5.74) is 6.94. The molecule has 24 heavy (non-hydrogen) atoms. The van der Waals surface area contributed by atoms with Gasteiger partial charge in [-0.1, -0.05) is 47.3 Å². The predicted octanol–water partition coefficient (Wildman–Crippen LogP) is 1.61. The van der Waals surface area contributed by atoms with Crippen molar-refractivity contribution in [2.75, 3.05) is 7.11 Å². The SMILES string of the molecule is COCc1noc(CSc2nnc(CN)n2Cc2ccccc2)n1. The van der Waals surface area contributed by atoms with Crippen LogP contribution in [0.4, 0.5) is 0 Å². The molecule has 0 spiro atoms. The minimum Gasteiger partial charge on any atom is -0.377 e. The van der Waals surface area contributed by atoms with E-state index >= 15 is 0 Å². The highest BCUT2D eigenvalue weighted by Gasteiger charge is 2.14. The van der Waals surface area contributed by atoms with E-state index in [2.05, 4.69) is 32.5 Å². The van der Waals surface area contributed by atoms with Gasteiger partial charge in [0.2, 0.25) is 5.89 Å². The summed E-state index contributed by atoms with van der Waals surface area (Å²) in [7, 11) is 1.59. The van der Waals surface area contributed by atoms with Crippen molar-refractivity contribution in [3.05, 3.63) is 53.4 Å². The molecule has 0 saturated carbocycles. The first-order valence-electron chi connectivity index (χ1n) is 7.39. The fraction of sp³-hybridized carbons (Fsp3) is 0.333. The molecule has 3 aromatic rings. The molecule has 0 bridgehead atoms. The number of hydrogen-bond donors (Lipinski definition) is 1. The minimum atomic E-state index is 0.329. The molecule has 2 N–H and O–H groups in total. The predicted molar refractivity (Wildman–Crippen MR) is 88.0 cm³/mol. The van der Waals surface area contributed by atoms with Crippen molar-refractivity contribution < 1.29 is 9.26 Å². The second-order valence-electron chi connectivity index (χ2n) is 5.00. The van der Waals surface area contributed by atoms with E-state index in [-0.39, 0.29) is 0 Å². The van der Waals surface area contributed by atoms with Crippen LogP contribution < -0.4 is 5.73 Å². The summed E-state index contributed by atoms with van der Waals surface area (Å²) >= 11 is 1.48. The molecule has 0 aliphatic rings. The molecule has 0 fully saturated rings. The number of nitrogens with two attached hydrogens (primary N) is 1. The van der Waals surface area contributed by atoms with Crippen LogP contribution in [0.15, 0.2) is 40.0 Å². The Balaban J connectivity index is 1.71. The summed E-state index contributed by atoms with van der Waals surface area (Å²) in [5.74, 6) is 2.30. The van der Waals surface area contributed by atoms with Crippen LogP contribution in [0.5, 0.6) is 0 Å². The average Bonchev–Trinajstić information content (AvgIpc) is 3.21. The van der Waals surface area contributed by atoms with E-state index in [0.717, 1.165) is 16.5 Å². The minimum absolute atomic E-state index is 0.329. The molecule has 0 saturated heterocycles. The molecule has 0 aliphatic carbocycles. The highest BCUT2D eigenvalue weighted by Crippen LogP contribution is 2.22. The van der Waals surface area contributed by atoms with Gasteiger partial charge in [0.1, 0.15) is 12.4 Å². The molecule has 9 heteroatoms. The fourth-order valence-electron chi connectivity index (χ4n) is 2.16. The number of ether oxygens (including phenoxy) is 1.